The van der Waals surface area contributed by atoms with E-state index in [-0.39, 0.29) is 12.7 Å². The van der Waals surface area contributed by atoms with Gasteiger partial charge in [0.15, 0.2) is 23.0 Å². The van der Waals surface area contributed by atoms with Crippen molar-refractivity contribution < 1.29 is 23.7 Å². The minimum absolute atomic E-state index is 0.165. The number of nitrogens with zero attached hydrogens (tertiary/aromatic N) is 1. The van der Waals surface area contributed by atoms with E-state index in [1.54, 1.807) is 24.4 Å². The van der Waals surface area contributed by atoms with Crippen molar-refractivity contribution in [2.75, 3.05) is 20.0 Å². The maximum Gasteiger partial charge on any atom is 0.271 e. The average molecular weight is 356 g/mol. The minimum Gasteiger partial charge on any atom is -0.490 e. The first kappa shape index (κ1) is 17.6. The van der Waals surface area contributed by atoms with Crippen LogP contribution in [0, 0.1) is 0 Å². The number of benzene rings is 2. The highest BCUT2D eigenvalue weighted by atomic mass is 16.7. The minimum atomic E-state index is -0.337. The molecule has 0 atom stereocenters. The normalized spacial score (nSPS) is 12.2. The molecule has 3 rings (SSSR count). The quantitative estimate of drug-likeness (QED) is 0.609. The zero-order valence-electron chi connectivity index (χ0n) is 14.7. The first-order valence-corrected chi connectivity index (χ1v) is 8.34. The van der Waals surface area contributed by atoms with E-state index in [4.69, 9.17) is 18.9 Å². The van der Waals surface area contributed by atoms with Crippen LogP contribution in [0.15, 0.2) is 41.5 Å². The number of hydrogen-bond donors (Lipinski definition) is 1. The first-order chi connectivity index (χ1) is 12.7. The van der Waals surface area contributed by atoms with Crippen molar-refractivity contribution in [2.45, 2.75) is 13.8 Å². The number of carbonyl (C=O) groups excluding carboxylic acids is 1. The summed E-state index contributed by atoms with van der Waals surface area (Å²) >= 11 is 0. The van der Waals surface area contributed by atoms with Crippen molar-refractivity contribution in [1.82, 2.24) is 5.43 Å². The largest absolute Gasteiger partial charge is 0.490 e. The van der Waals surface area contributed by atoms with E-state index in [1.807, 2.05) is 32.0 Å². The van der Waals surface area contributed by atoms with Crippen LogP contribution in [0.5, 0.6) is 23.0 Å². The van der Waals surface area contributed by atoms with E-state index in [0.717, 1.165) is 5.56 Å². The van der Waals surface area contributed by atoms with Crippen molar-refractivity contribution in [1.29, 1.82) is 0 Å². The van der Waals surface area contributed by atoms with Gasteiger partial charge in [0.2, 0.25) is 6.79 Å². The smallest absolute Gasteiger partial charge is 0.271 e. The maximum atomic E-state index is 12.2. The first-order valence-electron chi connectivity index (χ1n) is 8.34. The fourth-order valence-electron chi connectivity index (χ4n) is 2.42. The fourth-order valence-corrected chi connectivity index (χ4v) is 2.42. The molecule has 0 fully saturated rings. The Labute approximate surface area is 151 Å². The predicted molar refractivity (Wildman–Crippen MR) is 96.4 cm³/mol. The van der Waals surface area contributed by atoms with E-state index >= 15 is 0 Å². The molecule has 1 heterocycles. The molecule has 1 aliphatic heterocycles. The molecule has 0 radical (unpaired) electrons. The van der Waals surface area contributed by atoms with Gasteiger partial charge in [-0.15, -0.1) is 0 Å². The molecule has 136 valence electrons. The van der Waals surface area contributed by atoms with Crippen molar-refractivity contribution in [3.8, 4) is 23.0 Å². The molecule has 2 aromatic carbocycles. The molecule has 1 aliphatic rings. The molecule has 0 aromatic heterocycles. The second-order valence-corrected chi connectivity index (χ2v) is 5.34. The molecule has 0 saturated heterocycles. The molecule has 0 saturated carbocycles. The Kier molecular flexibility index (Phi) is 5.58. The third-order valence-electron chi connectivity index (χ3n) is 3.58. The SMILES string of the molecule is CCOc1ccc(/C=N\NC(=O)c2ccc3c(c2)OCO3)cc1OCC. The van der Waals surface area contributed by atoms with Crippen LogP contribution in [0.1, 0.15) is 29.8 Å². The van der Waals surface area contributed by atoms with Crippen molar-refractivity contribution in [3.63, 3.8) is 0 Å². The van der Waals surface area contributed by atoms with E-state index in [0.29, 0.717) is 41.8 Å². The van der Waals surface area contributed by atoms with Gasteiger partial charge >= 0.3 is 0 Å². The van der Waals surface area contributed by atoms with Crippen LogP contribution in [-0.4, -0.2) is 32.1 Å². The molecular weight excluding hydrogens is 336 g/mol. The van der Waals surface area contributed by atoms with E-state index in [9.17, 15) is 4.79 Å². The van der Waals surface area contributed by atoms with Gasteiger partial charge in [0.05, 0.1) is 19.4 Å². The molecular formula is C19H20N2O5. The van der Waals surface area contributed by atoms with E-state index < -0.39 is 0 Å². The Bertz CT molecular complexity index is 820. The number of hydrogen-bond acceptors (Lipinski definition) is 6. The van der Waals surface area contributed by atoms with Gasteiger partial charge in [-0.1, -0.05) is 0 Å². The summed E-state index contributed by atoms with van der Waals surface area (Å²) in [6, 6.07) is 10.4. The van der Waals surface area contributed by atoms with Crippen molar-refractivity contribution in [3.05, 3.63) is 47.5 Å². The van der Waals surface area contributed by atoms with Crippen LogP contribution < -0.4 is 24.4 Å². The average Bonchev–Trinajstić information content (AvgIpc) is 3.12. The van der Waals surface area contributed by atoms with Gasteiger partial charge in [-0.25, -0.2) is 5.43 Å². The molecule has 1 N–H and O–H groups in total. The molecule has 0 spiro atoms. The molecule has 2 aromatic rings. The third-order valence-corrected chi connectivity index (χ3v) is 3.58. The number of nitrogens with one attached hydrogen (secondary N) is 1. The number of rotatable bonds is 7. The van der Waals surface area contributed by atoms with Crippen LogP contribution in [0.3, 0.4) is 0 Å². The second kappa shape index (κ2) is 8.24. The number of fused-ring (bicyclic) bond motifs is 1. The Balaban J connectivity index is 1.66. The fraction of sp³-hybridized carbons (Fsp3) is 0.263. The standard InChI is InChI=1S/C19H20N2O5/c1-3-23-15-7-5-13(9-17(15)24-4-2)11-20-21-19(22)14-6-8-16-18(10-14)26-12-25-16/h5-11H,3-4,12H2,1-2H3,(H,21,22)/b20-11-. The maximum absolute atomic E-state index is 12.2. The Morgan fingerprint density at radius 2 is 1.85 bits per heavy atom. The van der Waals surface area contributed by atoms with Crippen molar-refractivity contribution in [2.24, 2.45) is 5.10 Å². The Hall–Kier alpha value is -3.22. The lowest BCUT2D eigenvalue weighted by atomic mass is 10.2. The number of hydrazone groups is 1. The predicted octanol–water partition coefficient (Wildman–Crippen LogP) is 2.98. The summed E-state index contributed by atoms with van der Waals surface area (Å²) in [6.07, 6.45) is 1.54. The third kappa shape index (κ3) is 4.05. The number of ether oxygens (including phenoxy) is 4. The molecule has 26 heavy (non-hydrogen) atoms. The molecule has 7 nitrogen and oxygen atoms in total. The Morgan fingerprint density at radius 1 is 1.08 bits per heavy atom. The van der Waals surface area contributed by atoms with E-state index in [1.165, 1.54) is 0 Å². The summed E-state index contributed by atoms with van der Waals surface area (Å²) < 4.78 is 21.6. The number of amides is 1. The zero-order chi connectivity index (χ0) is 18.4. The summed E-state index contributed by atoms with van der Waals surface area (Å²) in [5.41, 5.74) is 3.71. The van der Waals surface area contributed by atoms with Gasteiger partial charge in [-0.05, 0) is 55.8 Å². The van der Waals surface area contributed by atoms with Gasteiger partial charge < -0.3 is 18.9 Å². The summed E-state index contributed by atoms with van der Waals surface area (Å²) in [5, 5.41) is 4.00. The summed E-state index contributed by atoms with van der Waals surface area (Å²) in [6.45, 7) is 5.07. The highest BCUT2D eigenvalue weighted by molar-refractivity contribution is 5.95. The molecule has 1 amide bonds. The molecule has 0 aliphatic carbocycles. The second-order valence-electron chi connectivity index (χ2n) is 5.34. The monoisotopic (exact) mass is 356 g/mol. The van der Waals surface area contributed by atoms with Gasteiger partial charge in [-0.3, -0.25) is 4.79 Å². The Morgan fingerprint density at radius 3 is 2.65 bits per heavy atom. The van der Waals surface area contributed by atoms with Gasteiger partial charge in [0.25, 0.3) is 5.91 Å². The lowest BCUT2D eigenvalue weighted by molar-refractivity contribution is 0.0954. The van der Waals surface area contributed by atoms with Crippen LogP contribution >= 0.6 is 0 Å². The lowest BCUT2D eigenvalue weighted by Gasteiger charge is -2.11. The zero-order valence-corrected chi connectivity index (χ0v) is 14.7. The highest BCUT2D eigenvalue weighted by Gasteiger charge is 2.15. The van der Waals surface area contributed by atoms with Gasteiger partial charge in [0.1, 0.15) is 0 Å². The van der Waals surface area contributed by atoms with Gasteiger partial charge in [-0.2, -0.15) is 5.10 Å². The number of carbonyl (C=O) groups is 1. The van der Waals surface area contributed by atoms with Crippen molar-refractivity contribution >= 4 is 12.1 Å². The van der Waals surface area contributed by atoms with E-state index in [2.05, 4.69) is 10.5 Å². The topological polar surface area (TPSA) is 78.4 Å². The van der Waals surface area contributed by atoms with Crippen LogP contribution in [-0.2, 0) is 0 Å². The molecule has 0 unspecified atom stereocenters. The summed E-state index contributed by atoms with van der Waals surface area (Å²) in [5.74, 6) is 2.16. The van der Waals surface area contributed by atoms with Crippen LogP contribution in [0.25, 0.3) is 0 Å². The van der Waals surface area contributed by atoms with Crippen LogP contribution in [0.2, 0.25) is 0 Å². The van der Waals surface area contributed by atoms with Gasteiger partial charge in [0, 0.05) is 5.56 Å². The molecule has 0 bridgehead atoms. The summed E-state index contributed by atoms with van der Waals surface area (Å²) in [7, 11) is 0. The molecule has 7 heteroatoms. The lowest BCUT2D eigenvalue weighted by Crippen LogP contribution is -2.17. The summed E-state index contributed by atoms with van der Waals surface area (Å²) in [4.78, 5) is 12.2. The van der Waals surface area contributed by atoms with Crippen LogP contribution in [0.4, 0.5) is 0 Å². The highest BCUT2D eigenvalue weighted by Crippen LogP contribution is 2.32.